The van der Waals surface area contributed by atoms with Crippen molar-refractivity contribution in [3.05, 3.63) is 16.1 Å². The van der Waals surface area contributed by atoms with Crippen LogP contribution in [-0.4, -0.2) is 11.0 Å². The van der Waals surface area contributed by atoms with Crippen LogP contribution in [0.25, 0.3) is 0 Å². The third-order valence-electron chi connectivity index (χ3n) is 2.82. The average Bonchev–Trinajstić information content (AvgIpc) is 2.47. The highest BCUT2D eigenvalue weighted by molar-refractivity contribution is 7.09. The van der Waals surface area contributed by atoms with E-state index in [1.54, 1.807) is 11.3 Å². The molecule has 0 saturated carbocycles. The van der Waals surface area contributed by atoms with Crippen molar-refractivity contribution in [3.63, 3.8) is 0 Å². The van der Waals surface area contributed by atoms with Crippen molar-refractivity contribution in [2.75, 3.05) is 0 Å². The zero-order valence-corrected chi connectivity index (χ0v) is 12.8. The van der Waals surface area contributed by atoms with Crippen molar-refractivity contribution >= 4 is 11.3 Å². The molecule has 1 unspecified atom stereocenters. The lowest BCUT2D eigenvalue weighted by molar-refractivity contribution is 0.308. The smallest absolute Gasteiger partial charge is 0.0933 e. The van der Waals surface area contributed by atoms with Crippen LogP contribution in [-0.2, 0) is 11.8 Å². The van der Waals surface area contributed by atoms with E-state index in [1.807, 2.05) is 0 Å². The topological polar surface area (TPSA) is 38.9 Å². The normalized spacial score (nSPS) is 15.0. The molecule has 0 bridgehead atoms. The molecular formula is C14H26N2S. The molecule has 3 heteroatoms. The van der Waals surface area contributed by atoms with Gasteiger partial charge in [-0.2, -0.15) is 0 Å². The molecule has 1 aromatic rings. The van der Waals surface area contributed by atoms with Gasteiger partial charge < -0.3 is 5.73 Å². The first-order chi connectivity index (χ1) is 7.60. The van der Waals surface area contributed by atoms with E-state index >= 15 is 0 Å². The van der Waals surface area contributed by atoms with Gasteiger partial charge in [0.1, 0.15) is 0 Å². The number of hydrogen-bond acceptors (Lipinski definition) is 3. The average molecular weight is 254 g/mol. The molecular weight excluding hydrogens is 228 g/mol. The van der Waals surface area contributed by atoms with Crippen LogP contribution in [0.5, 0.6) is 0 Å². The molecule has 0 aliphatic heterocycles. The van der Waals surface area contributed by atoms with Crippen molar-refractivity contribution in [1.82, 2.24) is 4.98 Å². The van der Waals surface area contributed by atoms with E-state index in [0.29, 0.717) is 0 Å². The number of thiazole rings is 1. The lowest BCUT2D eigenvalue weighted by atomic mass is 9.83. The van der Waals surface area contributed by atoms with Gasteiger partial charge in [0.05, 0.1) is 10.7 Å². The maximum absolute atomic E-state index is 5.89. The van der Waals surface area contributed by atoms with Gasteiger partial charge in [0.15, 0.2) is 0 Å². The second kappa shape index (κ2) is 5.07. The van der Waals surface area contributed by atoms with E-state index in [9.17, 15) is 0 Å². The first-order valence-corrected chi connectivity index (χ1v) is 7.18. The van der Waals surface area contributed by atoms with Crippen molar-refractivity contribution in [1.29, 1.82) is 0 Å². The fourth-order valence-electron chi connectivity index (χ4n) is 2.09. The van der Waals surface area contributed by atoms with Crippen molar-refractivity contribution in [2.45, 2.75) is 65.8 Å². The van der Waals surface area contributed by atoms with Gasteiger partial charge in [-0.05, 0) is 18.8 Å². The molecule has 98 valence electrons. The van der Waals surface area contributed by atoms with Gasteiger partial charge in [-0.1, -0.05) is 34.6 Å². The maximum atomic E-state index is 5.89. The fraction of sp³-hybridized carbons (Fsp3) is 0.786. The second-order valence-electron chi connectivity index (χ2n) is 6.90. The minimum Gasteiger partial charge on any atom is -0.328 e. The molecule has 1 heterocycles. The van der Waals surface area contributed by atoms with Crippen molar-refractivity contribution in [3.8, 4) is 0 Å². The van der Waals surface area contributed by atoms with Crippen LogP contribution in [0.2, 0.25) is 0 Å². The highest BCUT2D eigenvalue weighted by atomic mass is 32.1. The van der Waals surface area contributed by atoms with E-state index in [2.05, 4.69) is 46.9 Å². The minimum atomic E-state index is 0.153. The predicted octanol–water partition coefficient (Wildman–Crippen LogP) is 3.75. The van der Waals surface area contributed by atoms with Crippen LogP contribution in [0.1, 0.15) is 58.7 Å². The molecule has 0 aromatic carbocycles. The van der Waals surface area contributed by atoms with Gasteiger partial charge in [0.25, 0.3) is 0 Å². The number of rotatable bonds is 4. The highest BCUT2D eigenvalue weighted by Crippen LogP contribution is 2.30. The number of aromatic nitrogens is 1. The largest absolute Gasteiger partial charge is 0.328 e. The summed E-state index contributed by atoms with van der Waals surface area (Å²) in [6.07, 6.45) is 2.06. The Hall–Kier alpha value is -0.410. The number of nitrogens with zero attached hydrogens (tertiary/aromatic N) is 1. The first-order valence-electron chi connectivity index (χ1n) is 6.31. The van der Waals surface area contributed by atoms with Crippen LogP contribution in [0.3, 0.4) is 0 Å². The molecule has 0 fully saturated rings. The predicted molar refractivity (Wildman–Crippen MR) is 76.6 cm³/mol. The van der Waals surface area contributed by atoms with Crippen molar-refractivity contribution < 1.29 is 0 Å². The standard InChI is InChI=1S/C14H26N2S/c1-10(15)7-14(5,6)8-12-16-11(9-17-12)13(2,3)4/h9-10H,7-8,15H2,1-6H3. The Morgan fingerprint density at radius 1 is 1.29 bits per heavy atom. The summed E-state index contributed by atoms with van der Waals surface area (Å²) in [6.45, 7) is 13.2. The van der Waals surface area contributed by atoms with Gasteiger partial charge in [-0.15, -0.1) is 11.3 Å². The van der Waals surface area contributed by atoms with Gasteiger partial charge in [-0.3, -0.25) is 0 Å². The Morgan fingerprint density at radius 2 is 1.88 bits per heavy atom. The molecule has 17 heavy (non-hydrogen) atoms. The van der Waals surface area contributed by atoms with E-state index in [1.165, 1.54) is 10.7 Å². The monoisotopic (exact) mass is 254 g/mol. The second-order valence-corrected chi connectivity index (χ2v) is 7.84. The van der Waals surface area contributed by atoms with E-state index in [-0.39, 0.29) is 16.9 Å². The Balaban J connectivity index is 2.72. The van der Waals surface area contributed by atoms with Crippen LogP contribution in [0.15, 0.2) is 5.38 Å². The summed E-state index contributed by atoms with van der Waals surface area (Å²) in [5.41, 5.74) is 7.48. The SMILES string of the molecule is CC(N)CC(C)(C)Cc1nc(C(C)(C)C)cs1. The lowest BCUT2D eigenvalue weighted by Crippen LogP contribution is -2.26. The van der Waals surface area contributed by atoms with Gasteiger partial charge >= 0.3 is 0 Å². The molecule has 0 amide bonds. The van der Waals surface area contributed by atoms with Crippen LogP contribution < -0.4 is 5.73 Å². The zero-order valence-electron chi connectivity index (χ0n) is 12.0. The Labute approximate surface area is 110 Å². The van der Waals surface area contributed by atoms with Crippen molar-refractivity contribution in [2.24, 2.45) is 11.1 Å². The molecule has 0 spiro atoms. The third-order valence-corrected chi connectivity index (χ3v) is 3.67. The molecule has 0 saturated heterocycles. The summed E-state index contributed by atoms with van der Waals surface area (Å²) < 4.78 is 0. The van der Waals surface area contributed by atoms with Gasteiger partial charge in [-0.25, -0.2) is 4.98 Å². The Kier molecular flexibility index (Phi) is 4.37. The molecule has 1 aromatic heterocycles. The van der Waals surface area contributed by atoms with Crippen LogP contribution >= 0.6 is 11.3 Å². The molecule has 2 N–H and O–H groups in total. The third kappa shape index (κ3) is 4.76. The minimum absolute atomic E-state index is 0.153. The summed E-state index contributed by atoms with van der Waals surface area (Å²) >= 11 is 1.78. The summed E-state index contributed by atoms with van der Waals surface area (Å²) in [6, 6.07) is 0.257. The molecule has 0 aliphatic rings. The zero-order chi connectivity index (χ0) is 13.3. The van der Waals surface area contributed by atoms with Crippen LogP contribution in [0.4, 0.5) is 0 Å². The first kappa shape index (κ1) is 14.7. The van der Waals surface area contributed by atoms with Gasteiger partial charge in [0, 0.05) is 23.3 Å². The van der Waals surface area contributed by atoms with Gasteiger partial charge in [0.2, 0.25) is 0 Å². The van der Waals surface area contributed by atoms with Crippen LogP contribution in [0, 0.1) is 5.41 Å². The summed E-state index contributed by atoms with van der Waals surface area (Å²) in [7, 11) is 0. The fourth-order valence-corrected chi connectivity index (χ4v) is 3.37. The summed E-state index contributed by atoms with van der Waals surface area (Å²) in [4.78, 5) is 4.75. The molecule has 1 atom stereocenters. The number of hydrogen-bond donors (Lipinski definition) is 1. The van der Waals surface area contributed by atoms with E-state index < -0.39 is 0 Å². The summed E-state index contributed by atoms with van der Waals surface area (Å²) in [5, 5.41) is 3.43. The van der Waals surface area contributed by atoms with E-state index in [4.69, 9.17) is 10.7 Å². The van der Waals surface area contributed by atoms with E-state index in [0.717, 1.165) is 12.8 Å². The summed E-state index contributed by atoms with van der Waals surface area (Å²) in [5.74, 6) is 0. The molecule has 2 nitrogen and oxygen atoms in total. The molecule has 1 rings (SSSR count). The molecule has 0 aliphatic carbocycles. The highest BCUT2D eigenvalue weighted by Gasteiger charge is 2.23. The Bertz CT molecular complexity index is 359. The maximum Gasteiger partial charge on any atom is 0.0933 e. The Morgan fingerprint density at radius 3 is 2.29 bits per heavy atom. The molecule has 0 radical (unpaired) electrons. The quantitative estimate of drug-likeness (QED) is 0.889. The lowest BCUT2D eigenvalue weighted by Gasteiger charge is -2.25. The number of nitrogens with two attached hydrogens (primary N) is 1.